The summed E-state index contributed by atoms with van der Waals surface area (Å²) in [5.41, 5.74) is 4.37. The van der Waals surface area contributed by atoms with E-state index in [1.807, 2.05) is 6.07 Å². The SMILES string of the molecule is Cc1cccc(N2CCN(C(=S)Nc3ccc(C(=O)O)c(C)c3)CC2)c1. The Kier molecular flexibility index (Phi) is 5.42. The van der Waals surface area contributed by atoms with Crippen molar-refractivity contribution in [1.82, 2.24) is 4.90 Å². The van der Waals surface area contributed by atoms with Gasteiger partial charge in [0.05, 0.1) is 5.56 Å². The highest BCUT2D eigenvalue weighted by molar-refractivity contribution is 7.80. The molecule has 0 amide bonds. The van der Waals surface area contributed by atoms with Crippen molar-refractivity contribution in [1.29, 1.82) is 0 Å². The van der Waals surface area contributed by atoms with Crippen LogP contribution in [0.25, 0.3) is 0 Å². The van der Waals surface area contributed by atoms with Crippen LogP contribution in [0.4, 0.5) is 11.4 Å². The summed E-state index contributed by atoms with van der Waals surface area (Å²) in [6.45, 7) is 7.44. The Morgan fingerprint density at radius 3 is 2.42 bits per heavy atom. The van der Waals surface area contributed by atoms with Gasteiger partial charge in [-0.05, 0) is 67.5 Å². The minimum absolute atomic E-state index is 0.313. The standard InChI is InChI=1S/C20H23N3O2S/c1-14-4-3-5-17(12-14)22-8-10-23(11-9-22)20(26)21-16-6-7-18(19(24)25)15(2)13-16/h3-7,12-13H,8-11H2,1-2H3,(H,21,26)(H,24,25). The minimum atomic E-state index is -0.913. The lowest BCUT2D eigenvalue weighted by molar-refractivity contribution is 0.0696. The lowest BCUT2D eigenvalue weighted by atomic mass is 10.1. The van der Waals surface area contributed by atoms with Gasteiger partial charge in [0.15, 0.2) is 5.11 Å². The van der Waals surface area contributed by atoms with Gasteiger partial charge in [-0.2, -0.15) is 0 Å². The number of carboxylic acids is 1. The van der Waals surface area contributed by atoms with Gasteiger partial charge in [-0.25, -0.2) is 4.79 Å². The first-order valence-electron chi connectivity index (χ1n) is 8.65. The zero-order valence-corrected chi connectivity index (χ0v) is 15.8. The van der Waals surface area contributed by atoms with Crippen molar-refractivity contribution in [2.45, 2.75) is 13.8 Å². The van der Waals surface area contributed by atoms with E-state index in [0.29, 0.717) is 10.7 Å². The number of piperazine rings is 1. The molecule has 6 heteroatoms. The van der Waals surface area contributed by atoms with Crippen molar-refractivity contribution >= 4 is 34.7 Å². The summed E-state index contributed by atoms with van der Waals surface area (Å²) < 4.78 is 0. The maximum absolute atomic E-state index is 11.1. The molecule has 5 nitrogen and oxygen atoms in total. The number of nitrogens with one attached hydrogen (secondary N) is 1. The van der Waals surface area contributed by atoms with E-state index in [0.717, 1.165) is 37.4 Å². The van der Waals surface area contributed by atoms with Crippen LogP contribution in [-0.4, -0.2) is 47.3 Å². The van der Waals surface area contributed by atoms with Crippen molar-refractivity contribution in [3.8, 4) is 0 Å². The molecule has 136 valence electrons. The number of carboxylic acid groups (broad SMARTS) is 1. The Morgan fingerprint density at radius 2 is 1.81 bits per heavy atom. The topological polar surface area (TPSA) is 55.8 Å². The average Bonchev–Trinajstić information content (AvgIpc) is 2.61. The maximum Gasteiger partial charge on any atom is 0.335 e. The van der Waals surface area contributed by atoms with E-state index in [9.17, 15) is 4.79 Å². The number of hydrogen-bond donors (Lipinski definition) is 2. The van der Waals surface area contributed by atoms with E-state index < -0.39 is 5.97 Å². The Hall–Kier alpha value is -2.60. The van der Waals surface area contributed by atoms with E-state index in [2.05, 4.69) is 46.3 Å². The quantitative estimate of drug-likeness (QED) is 0.808. The summed E-state index contributed by atoms with van der Waals surface area (Å²) in [5.74, 6) is -0.913. The fourth-order valence-electron chi connectivity index (χ4n) is 3.18. The second-order valence-electron chi connectivity index (χ2n) is 6.58. The van der Waals surface area contributed by atoms with Crippen LogP contribution < -0.4 is 10.2 Å². The molecule has 1 heterocycles. The van der Waals surface area contributed by atoms with Crippen molar-refractivity contribution in [3.63, 3.8) is 0 Å². The molecule has 1 fully saturated rings. The third kappa shape index (κ3) is 4.14. The molecule has 0 aliphatic carbocycles. The summed E-state index contributed by atoms with van der Waals surface area (Å²) in [4.78, 5) is 15.6. The Morgan fingerprint density at radius 1 is 1.08 bits per heavy atom. The summed E-state index contributed by atoms with van der Waals surface area (Å²) in [7, 11) is 0. The van der Waals surface area contributed by atoms with Crippen LogP contribution in [0.15, 0.2) is 42.5 Å². The molecule has 0 bridgehead atoms. The number of thiocarbonyl (C=S) groups is 1. The molecule has 2 N–H and O–H groups in total. The summed E-state index contributed by atoms with van der Waals surface area (Å²) >= 11 is 5.54. The van der Waals surface area contributed by atoms with E-state index in [1.54, 1.807) is 19.1 Å². The minimum Gasteiger partial charge on any atom is -0.478 e. The van der Waals surface area contributed by atoms with Gasteiger partial charge in [-0.3, -0.25) is 0 Å². The van der Waals surface area contributed by atoms with Gasteiger partial charge in [0, 0.05) is 37.6 Å². The molecular weight excluding hydrogens is 346 g/mol. The largest absolute Gasteiger partial charge is 0.478 e. The van der Waals surface area contributed by atoms with Gasteiger partial charge >= 0.3 is 5.97 Å². The van der Waals surface area contributed by atoms with Crippen LogP contribution in [0.2, 0.25) is 0 Å². The number of aromatic carboxylic acids is 1. The lowest BCUT2D eigenvalue weighted by Crippen LogP contribution is -2.50. The second-order valence-corrected chi connectivity index (χ2v) is 6.96. The predicted octanol–water partition coefficient (Wildman–Crippen LogP) is 3.52. The van der Waals surface area contributed by atoms with E-state index >= 15 is 0 Å². The fraction of sp³-hybridized carbons (Fsp3) is 0.300. The van der Waals surface area contributed by atoms with E-state index in [1.165, 1.54) is 11.3 Å². The molecule has 1 saturated heterocycles. The molecule has 1 aliphatic rings. The number of anilines is 2. The Balaban J connectivity index is 1.58. The van der Waals surface area contributed by atoms with Gasteiger partial charge in [0.1, 0.15) is 0 Å². The van der Waals surface area contributed by atoms with Gasteiger partial charge in [0.2, 0.25) is 0 Å². The molecule has 1 aliphatic heterocycles. The van der Waals surface area contributed by atoms with Crippen molar-refractivity contribution in [2.24, 2.45) is 0 Å². The van der Waals surface area contributed by atoms with Gasteiger partial charge in [-0.1, -0.05) is 12.1 Å². The molecule has 0 atom stereocenters. The van der Waals surface area contributed by atoms with Gasteiger partial charge in [0.25, 0.3) is 0 Å². The summed E-state index contributed by atoms with van der Waals surface area (Å²) in [5, 5.41) is 13.0. The van der Waals surface area contributed by atoms with Crippen LogP contribution in [0.5, 0.6) is 0 Å². The molecule has 3 rings (SSSR count). The number of carbonyl (C=O) groups is 1. The molecular formula is C20H23N3O2S. The van der Waals surface area contributed by atoms with Crippen molar-refractivity contribution in [2.75, 3.05) is 36.4 Å². The average molecular weight is 369 g/mol. The lowest BCUT2D eigenvalue weighted by Gasteiger charge is -2.37. The Labute approximate surface area is 159 Å². The van der Waals surface area contributed by atoms with Crippen LogP contribution in [0, 0.1) is 13.8 Å². The van der Waals surface area contributed by atoms with Crippen LogP contribution in [0.1, 0.15) is 21.5 Å². The highest BCUT2D eigenvalue weighted by Gasteiger charge is 2.19. The molecule has 2 aromatic rings. The Bertz CT molecular complexity index is 830. The highest BCUT2D eigenvalue weighted by Crippen LogP contribution is 2.19. The molecule has 26 heavy (non-hydrogen) atoms. The third-order valence-electron chi connectivity index (χ3n) is 4.64. The van der Waals surface area contributed by atoms with E-state index in [4.69, 9.17) is 17.3 Å². The molecule has 2 aromatic carbocycles. The zero-order chi connectivity index (χ0) is 18.7. The first-order chi connectivity index (χ1) is 12.4. The monoisotopic (exact) mass is 369 g/mol. The fourth-order valence-corrected chi connectivity index (χ4v) is 3.48. The number of nitrogens with zero attached hydrogens (tertiary/aromatic N) is 2. The highest BCUT2D eigenvalue weighted by atomic mass is 32.1. The zero-order valence-electron chi connectivity index (χ0n) is 15.0. The molecule has 0 unspecified atom stereocenters. The maximum atomic E-state index is 11.1. The van der Waals surface area contributed by atoms with Gasteiger partial charge < -0.3 is 20.2 Å². The molecule has 0 radical (unpaired) electrons. The molecule has 0 saturated carbocycles. The summed E-state index contributed by atoms with van der Waals surface area (Å²) in [6, 6.07) is 13.7. The van der Waals surface area contributed by atoms with Crippen molar-refractivity contribution < 1.29 is 9.90 Å². The molecule has 0 spiro atoms. The van der Waals surface area contributed by atoms with E-state index in [-0.39, 0.29) is 0 Å². The number of aryl methyl sites for hydroxylation is 2. The number of benzene rings is 2. The normalized spacial score (nSPS) is 14.2. The van der Waals surface area contributed by atoms with Crippen LogP contribution in [-0.2, 0) is 0 Å². The molecule has 0 aromatic heterocycles. The smallest absolute Gasteiger partial charge is 0.335 e. The first-order valence-corrected chi connectivity index (χ1v) is 9.06. The van der Waals surface area contributed by atoms with Crippen LogP contribution in [0.3, 0.4) is 0 Å². The van der Waals surface area contributed by atoms with Crippen LogP contribution >= 0.6 is 12.2 Å². The van der Waals surface area contributed by atoms with Gasteiger partial charge in [-0.15, -0.1) is 0 Å². The number of rotatable bonds is 3. The third-order valence-corrected chi connectivity index (χ3v) is 5.00. The number of hydrogen-bond acceptors (Lipinski definition) is 3. The second kappa shape index (κ2) is 7.74. The van der Waals surface area contributed by atoms with Crippen molar-refractivity contribution in [3.05, 3.63) is 59.2 Å². The predicted molar refractivity (Wildman–Crippen MR) is 109 cm³/mol. The first kappa shape index (κ1) is 18.2. The summed E-state index contributed by atoms with van der Waals surface area (Å²) in [6.07, 6.45) is 0.